The molecule has 1 fully saturated rings. The normalized spacial score (nSPS) is 17.7. The zero-order valence-electron chi connectivity index (χ0n) is 19.7. The van der Waals surface area contributed by atoms with Crippen molar-refractivity contribution in [3.63, 3.8) is 0 Å². The largest absolute Gasteiger partial charge is 0.326 e. The maximum absolute atomic E-state index is 13.5. The van der Waals surface area contributed by atoms with Crippen LogP contribution in [0.3, 0.4) is 0 Å². The van der Waals surface area contributed by atoms with E-state index in [9.17, 15) is 13.2 Å². The van der Waals surface area contributed by atoms with Crippen molar-refractivity contribution in [2.24, 2.45) is 0 Å². The van der Waals surface area contributed by atoms with Gasteiger partial charge < -0.3 is 9.88 Å². The highest BCUT2D eigenvalue weighted by Crippen LogP contribution is 2.34. The molecular weight excluding hydrogens is 456 g/mol. The number of thiophene rings is 1. The van der Waals surface area contributed by atoms with Gasteiger partial charge in [0.25, 0.3) is 5.56 Å². The number of hydrogen-bond acceptors (Lipinski definition) is 5. The molecule has 1 saturated heterocycles. The summed E-state index contributed by atoms with van der Waals surface area (Å²) in [6.45, 7) is 10.6. The van der Waals surface area contributed by atoms with Crippen molar-refractivity contribution in [2.45, 2.75) is 58.4 Å². The standard InChI is InChI=1S/C24H30N4O3S2/c1-14-12-15(2)17(4)22(16(14)3)33(30,31)28-10-8-27(9-11-28)13-20-25-23(29)21-18-6-5-7-19(18)32-24(21)26-20/h12H,5-11,13H2,1-4H3,(H,25,26,29)/p+1. The van der Waals surface area contributed by atoms with Gasteiger partial charge in [0.15, 0.2) is 5.82 Å². The second-order valence-electron chi connectivity index (χ2n) is 9.47. The van der Waals surface area contributed by atoms with E-state index >= 15 is 0 Å². The molecule has 1 aliphatic heterocycles. The van der Waals surface area contributed by atoms with E-state index < -0.39 is 10.0 Å². The van der Waals surface area contributed by atoms with Crippen LogP contribution >= 0.6 is 11.3 Å². The van der Waals surface area contributed by atoms with Crippen molar-refractivity contribution in [1.82, 2.24) is 14.3 Å². The van der Waals surface area contributed by atoms with Crippen molar-refractivity contribution in [1.29, 1.82) is 0 Å². The second kappa shape index (κ2) is 8.30. The highest BCUT2D eigenvalue weighted by atomic mass is 32.2. The van der Waals surface area contributed by atoms with Crippen molar-refractivity contribution in [3.8, 4) is 0 Å². The first-order chi connectivity index (χ1) is 15.7. The Morgan fingerprint density at radius 3 is 2.42 bits per heavy atom. The predicted molar refractivity (Wildman–Crippen MR) is 131 cm³/mol. The summed E-state index contributed by atoms with van der Waals surface area (Å²) in [6, 6.07) is 2.05. The first kappa shape index (κ1) is 22.7. The highest BCUT2D eigenvalue weighted by molar-refractivity contribution is 7.89. The van der Waals surface area contributed by atoms with Gasteiger partial charge in [0.2, 0.25) is 10.0 Å². The second-order valence-corrected chi connectivity index (χ2v) is 12.4. The van der Waals surface area contributed by atoms with E-state index in [1.54, 1.807) is 15.6 Å². The molecule has 0 saturated carbocycles. The van der Waals surface area contributed by atoms with Gasteiger partial charge in [-0.1, -0.05) is 6.07 Å². The van der Waals surface area contributed by atoms with E-state index in [4.69, 9.17) is 4.98 Å². The van der Waals surface area contributed by atoms with Gasteiger partial charge in [-0.15, -0.1) is 11.3 Å². The monoisotopic (exact) mass is 487 g/mol. The molecule has 0 atom stereocenters. The number of nitrogens with zero attached hydrogens (tertiary/aromatic N) is 2. The third kappa shape index (κ3) is 3.84. The molecular formula is C24H31N4O3S2+. The molecule has 0 bridgehead atoms. The fourth-order valence-electron chi connectivity index (χ4n) is 5.28. The topological polar surface area (TPSA) is 87.6 Å². The first-order valence-corrected chi connectivity index (χ1v) is 13.9. The van der Waals surface area contributed by atoms with Crippen LogP contribution in [-0.4, -0.2) is 48.9 Å². The fraction of sp³-hybridized carbons (Fsp3) is 0.500. The van der Waals surface area contributed by atoms with E-state index in [2.05, 4.69) is 11.1 Å². The zero-order valence-corrected chi connectivity index (χ0v) is 21.3. The van der Waals surface area contributed by atoms with Crippen LogP contribution < -0.4 is 10.5 Å². The number of aryl methyl sites for hydroxylation is 4. The molecule has 0 amide bonds. The summed E-state index contributed by atoms with van der Waals surface area (Å²) in [4.78, 5) is 24.3. The lowest BCUT2D eigenvalue weighted by Gasteiger charge is -2.32. The Morgan fingerprint density at radius 1 is 1.09 bits per heavy atom. The third-order valence-corrected chi connectivity index (χ3v) is 10.7. The highest BCUT2D eigenvalue weighted by Gasteiger charge is 2.33. The van der Waals surface area contributed by atoms with Crippen molar-refractivity contribution < 1.29 is 13.3 Å². The summed E-state index contributed by atoms with van der Waals surface area (Å²) in [6.07, 6.45) is 3.14. The molecule has 3 aromatic rings. The molecule has 5 rings (SSSR count). The van der Waals surface area contributed by atoms with Crippen LogP contribution in [0.2, 0.25) is 0 Å². The van der Waals surface area contributed by atoms with Crippen LogP contribution in [0.1, 0.15) is 44.9 Å². The smallest absolute Gasteiger partial charge is 0.260 e. The van der Waals surface area contributed by atoms with Crippen molar-refractivity contribution in [2.75, 3.05) is 26.2 Å². The summed E-state index contributed by atoms with van der Waals surface area (Å²) < 4.78 is 28.7. The summed E-state index contributed by atoms with van der Waals surface area (Å²) in [5.74, 6) is 0.694. The van der Waals surface area contributed by atoms with Crippen LogP contribution in [0.4, 0.5) is 0 Å². The molecule has 0 radical (unpaired) electrons. The maximum atomic E-state index is 13.5. The van der Waals surface area contributed by atoms with Crippen LogP contribution in [0.15, 0.2) is 15.8 Å². The molecule has 9 heteroatoms. The molecule has 1 aliphatic carbocycles. The van der Waals surface area contributed by atoms with Crippen LogP contribution in [0, 0.1) is 27.7 Å². The Morgan fingerprint density at radius 2 is 1.76 bits per heavy atom. The molecule has 2 aromatic heterocycles. The number of hydrogen-bond donors (Lipinski definition) is 2. The van der Waals surface area contributed by atoms with E-state index in [1.165, 1.54) is 15.3 Å². The van der Waals surface area contributed by atoms with Gasteiger partial charge in [0.05, 0.1) is 36.5 Å². The molecule has 3 heterocycles. The van der Waals surface area contributed by atoms with Crippen molar-refractivity contribution in [3.05, 3.63) is 54.9 Å². The molecule has 7 nitrogen and oxygen atoms in total. The number of piperazine rings is 1. The molecule has 2 N–H and O–H groups in total. The molecule has 33 heavy (non-hydrogen) atoms. The Bertz CT molecular complexity index is 1390. The minimum atomic E-state index is -3.55. The number of aromatic amines is 1. The van der Waals surface area contributed by atoms with E-state index in [0.717, 1.165) is 51.7 Å². The van der Waals surface area contributed by atoms with Crippen LogP contribution in [0.5, 0.6) is 0 Å². The van der Waals surface area contributed by atoms with Gasteiger partial charge in [-0.05, 0) is 74.8 Å². The summed E-state index contributed by atoms with van der Waals surface area (Å²) in [5.41, 5.74) is 4.85. The van der Waals surface area contributed by atoms with Gasteiger partial charge in [0.1, 0.15) is 11.4 Å². The predicted octanol–water partition coefficient (Wildman–Crippen LogP) is 1.80. The molecule has 176 valence electrons. The number of sulfonamides is 1. The number of H-pyrrole nitrogens is 1. The first-order valence-electron chi connectivity index (χ1n) is 11.6. The minimum absolute atomic E-state index is 0.0317. The molecule has 0 spiro atoms. The van der Waals surface area contributed by atoms with Gasteiger partial charge in [-0.3, -0.25) is 4.79 Å². The summed E-state index contributed by atoms with van der Waals surface area (Å²) >= 11 is 1.66. The average Bonchev–Trinajstić information content (AvgIpc) is 3.33. The lowest BCUT2D eigenvalue weighted by Crippen LogP contribution is -3.13. The minimum Gasteiger partial charge on any atom is -0.326 e. The quantitative estimate of drug-likeness (QED) is 0.588. The zero-order chi connectivity index (χ0) is 23.5. The average molecular weight is 488 g/mol. The SMILES string of the molecule is Cc1cc(C)c(C)c(S(=O)(=O)N2CC[NH+](Cc3nc4sc5c(c4c(=O)[nH]3)CCC5)CC2)c1C. The van der Waals surface area contributed by atoms with E-state index in [0.29, 0.717) is 43.4 Å². The number of benzene rings is 1. The van der Waals surface area contributed by atoms with Gasteiger partial charge in [-0.2, -0.15) is 4.31 Å². The molecule has 0 unspecified atom stereocenters. The van der Waals surface area contributed by atoms with Gasteiger partial charge in [-0.25, -0.2) is 13.4 Å². The van der Waals surface area contributed by atoms with Crippen LogP contribution in [0.25, 0.3) is 10.2 Å². The van der Waals surface area contributed by atoms with E-state index in [1.807, 2.05) is 27.7 Å². The Labute approximate surface area is 198 Å². The van der Waals surface area contributed by atoms with E-state index in [-0.39, 0.29) is 5.56 Å². The number of rotatable bonds is 4. The van der Waals surface area contributed by atoms with Crippen molar-refractivity contribution >= 4 is 31.6 Å². The number of aromatic nitrogens is 2. The fourth-order valence-corrected chi connectivity index (χ4v) is 8.58. The van der Waals surface area contributed by atoms with Crippen LogP contribution in [-0.2, 0) is 29.4 Å². The lowest BCUT2D eigenvalue weighted by atomic mass is 10.0. The molecule has 2 aliphatic rings. The summed E-state index contributed by atoms with van der Waals surface area (Å²) in [5, 5.41) is 0.779. The maximum Gasteiger partial charge on any atom is 0.260 e. The Balaban J connectivity index is 1.32. The third-order valence-electron chi connectivity index (χ3n) is 7.37. The number of quaternary nitrogens is 1. The lowest BCUT2D eigenvalue weighted by molar-refractivity contribution is -0.917. The van der Waals surface area contributed by atoms with Gasteiger partial charge in [0, 0.05) is 4.88 Å². The Hall–Kier alpha value is -2.07. The number of fused-ring (bicyclic) bond motifs is 3. The summed E-state index contributed by atoms with van der Waals surface area (Å²) in [7, 11) is -3.55. The Kier molecular flexibility index (Phi) is 5.71. The number of nitrogens with one attached hydrogen (secondary N) is 2. The van der Waals surface area contributed by atoms with Gasteiger partial charge >= 0.3 is 0 Å². The molecule has 1 aromatic carbocycles.